The lowest BCUT2D eigenvalue weighted by molar-refractivity contribution is 0.233. The van der Waals surface area contributed by atoms with E-state index in [0.29, 0.717) is 12.0 Å². The summed E-state index contributed by atoms with van der Waals surface area (Å²) >= 11 is 0. The average Bonchev–Trinajstić information content (AvgIpc) is 2.50. The summed E-state index contributed by atoms with van der Waals surface area (Å²) in [4.78, 5) is 2.51. The second-order valence-corrected chi connectivity index (χ2v) is 5.52. The van der Waals surface area contributed by atoms with Gasteiger partial charge in [-0.3, -0.25) is 4.90 Å². The van der Waals surface area contributed by atoms with E-state index in [1.165, 1.54) is 30.5 Å². The molecule has 1 atom stereocenters. The van der Waals surface area contributed by atoms with E-state index in [-0.39, 0.29) is 0 Å². The van der Waals surface area contributed by atoms with Gasteiger partial charge < -0.3 is 5.73 Å². The highest BCUT2D eigenvalue weighted by Crippen LogP contribution is 2.18. The van der Waals surface area contributed by atoms with Crippen LogP contribution in [0.2, 0.25) is 0 Å². The van der Waals surface area contributed by atoms with Crippen LogP contribution < -0.4 is 5.73 Å². The molecule has 0 bridgehead atoms. The first-order chi connectivity index (χ1) is 8.16. The molecule has 0 saturated heterocycles. The maximum absolute atomic E-state index is 6.18. The Labute approximate surface area is 105 Å². The van der Waals surface area contributed by atoms with E-state index in [4.69, 9.17) is 5.73 Å². The maximum atomic E-state index is 6.18. The van der Waals surface area contributed by atoms with Crippen LogP contribution in [0.4, 0.5) is 0 Å². The van der Waals surface area contributed by atoms with E-state index in [9.17, 15) is 0 Å². The summed E-state index contributed by atoms with van der Waals surface area (Å²) in [5.74, 6) is 0.563. The van der Waals surface area contributed by atoms with Crippen LogP contribution in [0.15, 0.2) is 24.3 Å². The van der Waals surface area contributed by atoms with Crippen molar-refractivity contribution < 1.29 is 0 Å². The molecule has 17 heavy (non-hydrogen) atoms. The third-order valence-corrected chi connectivity index (χ3v) is 3.76. The van der Waals surface area contributed by atoms with Gasteiger partial charge in [0.2, 0.25) is 0 Å². The van der Waals surface area contributed by atoms with Crippen LogP contribution in [0, 0.1) is 5.92 Å². The summed E-state index contributed by atoms with van der Waals surface area (Å²) in [6.07, 6.45) is 2.46. The van der Waals surface area contributed by atoms with Gasteiger partial charge in [0.15, 0.2) is 0 Å². The van der Waals surface area contributed by atoms with Crippen molar-refractivity contribution in [3.05, 3.63) is 35.4 Å². The molecule has 2 rings (SSSR count). The van der Waals surface area contributed by atoms with Crippen LogP contribution in [-0.2, 0) is 13.0 Å². The molecule has 0 fully saturated rings. The fraction of sp³-hybridized carbons (Fsp3) is 0.600. The molecule has 1 aliphatic rings. The Bertz CT molecular complexity index is 360. The predicted molar refractivity (Wildman–Crippen MR) is 72.9 cm³/mol. The Hall–Kier alpha value is -0.860. The SMILES string of the molecule is CC(C)[C@H](N)CN1CCCc2ccccc2C1. The van der Waals surface area contributed by atoms with Crippen LogP contribution in [0.25, 0.3) is 0 Å². The van der Waals surface area contributed by atoms with Crippen molar-refractivity contribution in [1.29, 1.82) is 0 Å². The number of hydrogen-bond acceptors (Lipinski definition) is 2. The Balaban J connectivity index is 2.03. The summed E-state index contributed by atoms with van der Waals surface area (Å²) in [6.45, 7) is 7.67. The highest BCUT2D eigenvalue weighted by molar-refractivity contribution is 5.28. The molecule has 2 nitrogen and oxygen atoms in total. The molecule has 0 spiro atoms. The summed E-state index contributed by atoms with van der Waals surface area (Å²) in [6, 6.07) is 9.11. The minimum atomic E-state index is 0.292. The number of nitrogens with two attached hydrogens (primary N) is 1. The Kier molecular flexibility index (Phi) is 4.19. The maximum Gasteiger partial charge on any atom is 0.0237 e. The highest BCUT2D eigenvalue weighted by Gasteiger charge is 2.17. The molecular formula is C15H24N2. The van der Waals surface area contributed by atoms with E-state index in [1.807, 2.05) is 0 Å². The van der Waals surface area contributed by atoms with Gasteiger partial charge in [-0.2, -0.15) is 0 Å². The highest BCUT2D eigenvalue weighted by atomic mass is 15.1. The molecule has 1 aromatic carbocycles. The average molecular weight is 232 g/mol. The van der Waals surface area contributed by atoms with Crippen LogP contribution in [0.1, 0.15) is 31.4 Å². The van der Waals surface area contributed by atoms with Crippen LogP contribution in [0.5, 0.6) is 0 Å². The standard InChI is InChI=1S/C15H24N2/c1-12(2)15(16)11-17-9-5-8-13-6-3-4-7-14(13)10-17/h3-4,6-7,12,15H,5,8-11,16H2,1-2H3/t15-/m1/s1. The monoisotopic (exact) mass is 232 g/mol. The minimum Gasteiger partial charge on any atom is -0.326 e. The molecule has 0 amide bonds. The number of fused-ring (bicyclic) bond motifs is 1. The Morgan fingerprint density at radius 3 is 2.65 bits per heavy atom. The van der Waals surface area contributed by atoms with Gasteiger partial charge in [-0.05, 0) is 36.4 Å². The van der Waals surface area contributed by atoms with Crippen molar-refractivity contribution in [1.82, 2.24) is 4.90 Å². The minimum absolute atomic E-state index is 0.292. The van der Waals surface area contributed by atoms with Gasteiger partial charge in [0.1, 0.15) is 0 Å². The van der Waals surface area contributed by atoms with E-state index >= 15 is 0 Å². The van der Waals surface area contributed by atoms with Crippen LogP contribution in [0.3, 0.4) is 0 Å². The first-order valence-electron chi connectivity index (χ1n) is 6.71. The molecule has 2 N–H and O–H groups in total. The quantitative estimate of drug-likeness (QED) is 0.867. The molecule has 0 radical (unpaired) electrons. The van der Waals surface area contributed by atoms with Crippen molar-refractivity contribution in [3.8, 4) is 0 Å². The lowest BCUT2D eigenvalue weighted by Gasteiger charge is -2.26. The second kappa shape index (κ2) is 5.65. The van der Waals surface area contributed by atoms with Gasteiger partial charge in [0.05, 0.1) is 0 Å². The third-order valence-electron chi connectivity index (χ3n) is 3.76. The Morgan fingerprint density at radius 2 is 1.94 bits per heavy atom. The Morgan fingerprint density at radius 1 is 1.24 bits per heavy atom. The van der Waals surface area contributed by atoms with Gasteiger partial charge in [-0.1, -0.05) is 38.1 Å². The molecule has 1 heterocycles. The second-order valence-electron chi connectivity index (χ2n) is 5.52. The largest absolute Gasteiger partial charge is 0.326 e. The van der Waals surface area contributed by atoms with Gasteiger partial charge in [0.25, 0.3) is 0 Å². The van der Waals surface area contributed by atoms with Crippen LogP contribution >= 0.6 is 0 Å². The number of rotatable bonds is 3. The normalized spacial score (nSPS) is 18.8. The summed E-state index contributed by atoms with van der Waals surface area (Å²) < 4.78 is 0. The molecule has 0 aromatic heterocycles. The molecule has 2 heteroatoms. The van der Waals surface area contributed by atoms with Gasteiger partial charge in [0, 0.05) is 19.1 Å². The molecule has 0 saturated carbocycles. The van der Waals surface area contributed by atoms with Crippen LogP contribution in [-0.4, -0.2) is 24.0 Å². The summed E-state index contributed by atoms with van der Waals surface area (Å²) in [7, 11) is 0. The van der Waals surface area contributed by atoms with Crippen molar-refractivity contribution >= 4 is 0 Å². The third kappa shape index (κ3) is 3.30. The van der Waals surface area contributed by atoms with Crippen molar-refractivity contribution in [2.45, 2.75) is 39.3 Å². The first-order valence-corrected chi connectivity index (χ1v) is 6.71. The molecule has 1 aliphatic heterocycles. The van der Waals surface area contributed by atoms with Crippen molar-refractivity contribution in [3.63, 3.8) is 0 Å². The van der Waals surface area contributed by atoms with Gasteiger partial charge in [-0.15, -0.1) is 0 Å². The molecule has 1 aromatic rings. The number of benzene rings is 1. The first kappa shape index (κ1) is 12.6. The topological polar surface area (TPSA) is 29.3 Å². The molecule has 0 unspecified atom stereocenters. The lowest BCUT2D eigenvalue weighted by atomic mass is 10.0. The molecule has 94 valence electrons. The summed E-state index contributed by atoms with van der Waals surface area (Å²) in [5, 5.41) is 0. The number of hydrogen-bond donors (Lipinski definition) is 1. The zero-order chi connectivity index (χ0) is 12.3. The van der Waals surface area contributed by atoms with Gasteiger partial charge in [-0.25, -0.2) is 0 Å². The summed E-state index contributed by atoms with van der Waals surface area (Å²) in [5.41, 5.74) is 9.19. The van der Waals surface area contributed by atoms with Gasteiger partial charge >= 0.3 is 0 Å². The number of aryl methyl sites for hydroxylation is 1. The smallest absolute Gasteiger partial charge is 0.0237 e. The van der Waals surface area contributed by atoms with E-state index in [0.717, 1.165) is 13.1 Å². The van der Waals surface area contributed by atoms with E-state index in [2.05, 4.69) is 43.0 Å². The zero-order valence-electron chi connectivity index (χ0n) is 11.0. The fourth-order valence-corrected chi connectivity index (χ4v) is 2.43. The van der Waals surface area contributed by atoms with E-state index in [1.54, 1.807) is 0 Å². The lowest BCUT2D eigenvalue weighted by Crippen LogP contribution is -2.40. The molecule has 0 aliphatic carbocycles. The van der Waals surface area contributed by atoms with Crippen molar-refractivity contribution in [2.75, 3.05) is 13.1 Å². The number of nitrogens with zero attached hydrogens (tertiary/aromatic N) is 1. The van der Waals surface area contributed by atoms with Crippen molar-refractivity contribution in [2.24, 2.45) is 11.7 Å². The predicted octanol–water partition coefficient (Wildman–Crippen LogP) is 2.42. The molecular weight excluding hydrogens is 208 g/mol. The zero-order valence-corrected chi connectivity index (χ0v) is 11.0. The van der Waals surface area contributed by atoms with E-state index < -0.39 is 0 Å². The fourth-order valence-electron chi connectivity index (χ4n) is 2.43.